The minimum absolute atomic E-state index is 0.0146. The quantitative estimate of drug-likeness (QED) is 0.160. The summed E-state index contributed by atoms with van der Waals surface area (Å²) in [6, 6.07) is 14.7. The number of nitrogens with one attached hydrogen (secondary N) is 4. The summed E-state index contributed by atoms with van der Waals surface area (Å²) in [5.41, 5.74) is 6.13. The maximum Gasteiger partial charge on any atom is 0.219 e. The number of anilines is 1. The molecule has 9 nitrogen and oxygen atoms in total. The van der Waals surface area contributed by atoms with Gasteiger partial charge in [0.25, 0.3) is 0 Å². The molecule has 11 heteroatoms. The normalized spacial score (nSPS) is 15.9. The number of carbonyl (C=O) groups is 1. The van der Waals surface area contributed by atoms with Crippen molar-refractivity contribution in [2.75, 3.05) is 18.6 Å². The Morgan fingerprint density at radius 1 is 1.09 bits per heavy atom. The molecule has 1 unspecified atom stereocenters. The summed E-state index contributed by atoms with van der Waals surface area (Å²) in [7, 11) is -1.26. The second-order valence-corrected chi connectivity index (χ2v) is 11.3. The van der Waals surface area contributed by atoms with E-state index in [9.17, 15) is 13.2 Å². The van der Waals surface area contributed by atoms with Crippen LogP contribution in [0.25, 0.3) is 0 Å². The number of guanidine groups is 1. The molecule has 1 aliphatic rings. The average Bonchev–Trinajstić information content (AvgIpc) is 3.06. The molecule has 1 aliphatic heterocycles. The summed E-state index contributed by atoms with van der Waals surface area (Å²) in [5, 5.41) is 13.4. The summed E-state index contributed by atoms with van der Waals surface area (Å²) in [6.45, 7) is 1.51. The number of nitrogens with two attached hydrogens (primary N) is 1. The second-order valence-electron chi connectivity index (χ2n) is 8.09. The summed E-state index contributed by atoms with van der Waals surface area (Å²) in [4.78, 5) is 15.2. The van der Waals surface area contributed by atoms with Crippen LogP contribution in [0, 0.1) is 5.41 Å². The van der Waals surface area contributed by atoms with Gasteiger partial charge in [0, 0.05) is 42.9 Å². The van der Waals surface area contributed by atoms with Gasteiger partial charge in [-0.05, 0) is 48.2 Å². The molecule has 0 spiro atoms. The minimum Gasteiger partial charge on any atom is -0.348 e. The van der Waals surface area contributed by atoms with Gasteiger partial charge in [0.05, 0.1) is 4.90 Å². The fourth-order valence-electron chi connectivity index (χ4n) is 3.62. The molecule has 0 aliphatic carbocycles. The van der Waals surface area contributed by atoms with E-state index in [1.807, 2.05) is 43.4 Å². The minimum atomic E-state index is -3.24. The van der Waals surface area contributed by atoms with Gasteiger partial charge in [-0.2, -0.15) is 0 Å². The highest BCUT2D eigenvalue weighted by Gasteiger charge is 2.30. The monoisotopic (exact) mass is 502 g/mol. The molecule has 6 N–H and O–H groups in total. The SMILES string of the molecule is CC(=O)NC1SC(Cc2ccc(S(C)(=O)=O)cc2)=C(CCc2ccc(NC(=N)NN)cc2)N1C. The number of carbonyl (C=O) groups excluding carboxylic acids is 1. The van der Waals surface area contributed by atoms with Crippen LogP contribution in [0.4, 0.5) is 5.69 Å². The number of allylic oxidation sites excluding steroid dienone is 2. The Labute approximate surface area is 204 Å². The lowest BCUT2D eigenvalue weighted by Crippen LogP contribution is -2.40. The highest BCUT2D eigenvalue weighted by Crippen LogP contribution is 2.39. The first-order valence-electron chi connectivity index (χ1n) is 10.7. The zero-order chi connectivity index (χ0) is 24.9. The van der Waals surface area contributed by atoms with Crippen molar-refractivity contribution in [3.63, 3.8) is 0 Å². The fraction of sp³-hybridized carbons (Fsp3) is 0.304. The van der Waals surface area contributed by atoms with Gasteiger partial charge < -0.3 is 15.5 Å². The predicted molar refractivity (Wildman–Crippen MR) is 137 cm³/mol. The summed E-state index contributed by atoms with van der Waals surface area (Å²) in [6.07, 6.45) is 3.44. The van der Waals surface area contributed by atoms with Crippen LogP contribution in [0.5, 0.6) is 0 Å². The van der Waals surface area contributed by atoms with Gasteiger partial charge in [-0.3, -0.25) is 15.6 Å². The molecule has 0 bridgehead atoms. The molecule has 0 aromatic heterocycles. The van der Waals surface area contributed by atoms with Crippen molar-refractivity contribution in [2.24, 2.45) is 5.84 Å². The lowest BCUT2D eigenvalue weighted by atomic mass is 10.0. The lowest BCUT2D eigenvalue weighted by molar-refractivity contribution is -0.119. The number of rotatable bonds is 8. The van der Waals surface area contributed by atoms with Crippen molar-refractivity contribution in [3.8, 4) is 0 Å². The van der Waals surface area contributed by atoms with Crippen LogP contribution in [0.1, 0.15) is 24.5 Å². The Kier molecular flexibility index (Phi) is 8.24. The molecule has 0 saturated heterocycles. The van der Waals surface area contributed by atoms with Crippen LogP contribution in [-0.4, -0.2) is 44.0 Å². The third-order valence-electron chi connectivity index (χ3n) is 5.41. The number of hydrogen-bond donors (Lipinski definition) is 5. The van der Waals surface area contributed by atoms with E-state index in [2.05, 4.69) is 21.0 Å². The van der Waals surface area contributed by atoms with Crippen LogP contribution in [0.15, 0.2) is 64.0 Å². The molecular weight excluding hydrogens is 472 g/mol. The van der Waals surface area contributed by atoms with E-state index in [0.29, 0.717) is 11.3 Å². The molecule has 0 radical (unpaired) electrons. The number of benzene rings is 2. The molecular formula is C23H30N6O3S2. The number of aryl methyl sites for hydroxylation is 1. The van der Waals surface area contributed by atoms with Crippen molar-refractivity contribution < 1.29 is 13.2 Å². The van der Waals surface area contributed by atoms with Gasteiger partial charge in [-0.25, -0.2) is 14.3 Å². The Bertz CT molecular complexity index is 1180. The number of thioether (sulfide) groups is 1. The molecule has 1 atom stereocenters. The van der Waals surface area contributed by atoms with Gasteiger partial charge >= 0.3 is 0 Å². The Balaban J connectivity index is 1.76. The van der Waals surface area contributed by atoms with Gasteiger partial charge in [0.2, 0.25) is 11.9 Å². The van der Waals surface area contributed by atoms with E-state index < -0.39 is 9.84 Å². The molecule has 1 heterocycles. The van der Waals surface area contributed by atoms with E-state index in [1.165, 1.54) is 13.2 Å². The standard InChI is InChI=1S/C23H30N6O3S2/c1-15(30)26-23-29(2)20(13-8-16-4-9-18(10-5-16)27-22(24)28-25)21(33-23)14-17-6-11-19(12-7-17)34(3,31)32/h4-7,9-12,23H,8,13-14,25H2,1-3H3,(H,26,30)(H3,24,27,28). The van der Waals surface area contributed by atoms with Crippen LogP contribution in [0.3, 0.4) is 0 Å². The van der Waals surface area contributed by atoms with Crippen molar-refractivity contribution in [1.82, 2.24) is 15.6 Å². The maximum atomic E-state index is 11.8. The first-order chi connectivity index (χ1) is 16.1. The molecule has 2 aromatic carbocycles. The van der Waals surface area contributed by atoms with E-state index >= 15 is 0 Å². The number of amides is 1. The van der Waals surface area contributed by atoms with Gasteiger partial charge in [0.1, 0.15) is 0 Å². The smallest absolute Gasteiger partial charge is 0.219 e. The van der Waals surface area contributed by atoms with Crippen molar-refractivity contribution in [1.29, 1.82) is 5.41 Å². The van der Waals surface area contributed by atoms with Crippen molar-refractivity contribution in [2.45, 2.75) is 36.6 Å². The van der Waals surface area contributed by atoms with Gasteiger partial charge in [-0.15, -0.1) is 0 Å². The average molecular weight is 503 g/mol. The zero-order valence-electron chi connectivity index (χ0n) is 19.4. The van der Waals surface area contributed by atoms with Gasteiger partial charge in [-0.1, -0.05) is 36.0 Å². The van der Waals surface area contributed by atoms with Crippen LogP contribution < -0.4 is 21.9 Å². The topological polar surface area (TPSA) is 140 Å². The lowest BCUT2D eigenvalue weighted by Gasteiger charge is -2.24. The molecule has 0 saturated carbocycles. The van der Waals surface area contributed by atoms with Crippen LogP contribution >= 0.6 is 11.8 Å². The Hall–Kier alpha value is -3.02. The first-order valence-corrected chi connectivity index (χ1v) is 13.4. The van der Waals surface area contributed by atoms with E-state index in [1.54, 1.807) is 23.9 Å². The molecule has 3 rings (SSSR count). The zero-order valence-corrected chi connectivity index (χ0v) is 21.0. The summed E-state index contributed by atoms with van der Waals surface area (Å²) >= 11 is 1.61. The van der Waals surface area contributed by atoms with E-state index in [0.717, 1.165) is 40.3 Å². The van der Waals surface area contributed by atoms with E-state index in [-0.39, 0.29) is 17.4 Å². The molecule has 0 fully saturated rings. The Morgan fingerprint density at radius 3 is 2.26 bits per heavy atom. The summed E-state index contributed by atoms with van der Waals surface area (Å²) in [5.74, 6) is 5.13. The first kappa shape index (κ1) is 25.6. The van der Waals surface area contributed by atoms with Crippen LogP contribution in [-0.2, 0) is 27.5 Å². The molecule has 1 amide bonds. The number of sulfone groups is 1. The fourth-order valence-corrected chi connectivity index (χ4v) is 5.66. The number of hydrogen-bond acceptors (Lipinski definition) is 7. The second kappa shape index (κ2) is 10.9. The highest BCUT2D eigenvalue weighted by atomic mass is 32.2. The number of hydrazine groups is 1. The van der Waals surface area contributed by atoms with Gasteiger partial charge in [0.15, 0.2) is 15.3 Å². The third kappa shape index (κ3) is 6.75. The highest BCUT2D eigenvalue weighted by molar-refractivity contribution is 8.03. The van der Waals surface area contributed by atoms with Crippen molar-refractivity contribution in [3.05, 3.63) is 70.3 Å². The molecule has 182 valence electrons. The molecule has 34 heavy (non-hydrogen) atoms. The number of nitrogens with zero attached hydrogens (tertiary/aromatic N) is 1. The maximum absolute atomic E-state index is 11.8. The van der Waals surface area contributed by atoms with Crippen molar-refractivity contribution >= 4 is 39.2 Å². The predicted octanol–water partition coefficient (Wildman–Crippen LogP) is 2.39. The summed E-state index contributed by atoms with van der Waals surface area (Å²) < 4.78 is 23.5. The largest absolute Gasteiger partial charge is 0.348 e. The molecule has 2 aromatic rings. The Morgan fingerprint density at radius 2 is 1.71 bits per heavy atom. The third-order valence-corrected chi connectivity index (χ3v) is 7.86. The van der Waals surface area contributed by atoms with E-state index in [4.69, 9.17) is 11.3 Å². The van der Waals surface area contributed by atoms with Crippen LogP contribution in [0.2, 0.25) is 0 Å².